The Labute approximate surface area is 200 Å². The molecule has 2 N–H and O–H groups in total. The van der Waals surface area contributed by atoms with Gasteiger partial charge in [0, 0.05) is 24.3 Å². The fourth-order valence-electron chi connectivity index (χ4n) is 3.77. The number of thiophene rings is 1. The molecule has 0 radical (unpaired) electrons. The average molecular weight is 475 g/mol. The number of ether oxygens (including phenoxy) is 1. The van der Waals surface area contributed by atoms with Gasteiger partial charge in [0.25, 0.3) is 5.91 Å². The Bertz CT molecular complexity index is 1280. The van der Waals surface area contributed by atoms with Crippen molar-refractivity contribution in [2.24, 2.45) is 5.92 Å². The standard InChI is InChI=1S/C25H22N4O4S/c1-15-20(13-26)25(34-22(15)24(32)27-17-6-4-3-5-7-17)28-23(31)16-12-21(30)29(14-16)18-8-10-19(33-2)11-9-18/h3-11,16H,12,14H2,1-2H3,(H,27,32)(H,28,31). The summed E-state index contributed by atoms with van der Waals surface area (Å²) in [6.07, 6.45) is 0.0610. The number of methoxy groups -OCH3 is 1. The molecule has 1 unspecified atom stereocenters. The molecule has 0 bridgehead atoms. The van der Waals surface area contributed by atoms with E-state index in [0.29, 0.717) is 32.6 Å². The second-order valence-electron chi connectivity index (χ2n) is 7.78. The third kappa shape index (κ3) is 4.63. The summed E-state index contributed by atoms with van der Waals surface area (Å²) in [5, 5.41) is 15.5. The van der Waals surface area contributed by atoms with Crippen molar-refractivity contribution in [2.75, 3.05) is 29.2 Å². The number of carbonyl (C=O) groups is 3. The third-order valence-corrected chi connectivity index (χ3v) is 6.82. The van der Waals surface area contributed by atoms with Crippen molar-refractivity contribution >= 4 is 45.4 Å². The number of anilines is 3. The predicted molar refractivity (Wildman–Crippen MR) is 130 cm³/mol. The number of carbonyl (C=O) groups excluding carboxylic acids is 3. The molecule has 34 heavy (non-hydrogen) atoms. The summed E-state index contributed by atoms with van der Waals surface area (Å²) in [6, 6.07) is 18.1. The molecule has 0 spiro atoms. The zero-order chi connectivity index (χ0) is 24.2. The first-order valence-corrected chi connectivity index (χ1v) is 11.4. The van der Waals surface area contributed by atoms with Crippen LogP contribution >= 0.6 is 11.3 Å². The van der Waals surface area contributed by atoms with Crippen LogP contribution in [0.25, 0.3) is 0 Å². The topological polar surface area (TPSA) is 112 Å². The molecule has 1 aliphatic heterocycles. The zero-order valence-corrected chi connectivity index (χ0v) is 19.4. The molecule has 9 heteroatoms. The number of benzene rings is 2. The largest absolute Gasteiger partial charge is 0.497 e. The number of nitrogens with zero attached hydrogens (tertiary/aromatic N) is 2. The van der Waals surface area contributed by atoms with Gasteiger partial charge in [-0.3, -0.25) is 14.4 Å². The Morgan fingerprint density at radius 2 is 1.82 bits per heavy atom. The van der Waals surface area contributed by atoms with Gasteiger partial charge in [0.1, 0.15) is 16.8 Å². The smallest absolute Gasteiger partial charge is 0.266 e. The summed E-state index contributed by atoms with van der Waals surface area (Å²) in [5.74, 6) is -0.778. The van der Waals surface area contributed by atoms with Crippen LogP contribution in [0.4, 0.5) is 16.4 Å². The molecule has 1 atom stereocenters. The van der Waals surface area contributed by atoms with E-state index in [1.807, 2.05) is 6.07 Å². The highest BCUT2D eigenvalue weighted by atomic mass is 32.1. The van der Waals surface area contributed by atoms with Crippen molar-refractivity contribution in [2.45, 2.75) is 13.3 Å². The van der Waals surface area contributed by atoms with Crippen molar-refractivity contribution in [1.29, 1.82) is 5.26 Å². The summed E-state index contributed by atoms with van der Waals surface area (Å²) in [7, 11) is 1.56. The van der Waals surface area contributed by atoms with E-state index in [-0.39, 0.29) is 36.3 Å². The van der Waals surface area contributed by atoms with E-state index in [9.17, 15) is 19.6 Å². The summed E-state index contributed by atoms with van der Waals surface area (Å²) in [4.78, 5) is 40.2. The lowest BCUT2D eigenvalue weighted by Crippen LogP contribution is -2.28. The maximum Gasteiger partial charge on any atom is 0.266 e. The van der Waals surface area contributed by atoms with Crippen LogP contribution in [0.1, 0.15) is 27.2 Å². The minimum atomic E-state index is -0.579. The lowest BCUT2D eigenvalue weighted by Gasteiger charge is -2.17. The predicted octanol–water partition coefficient (Wildman–Crippen LogP) is 4.18. The molecule has 172 valence electrons. The number of hydrogen-bond donors (Lipinski definition) is 2. The Balaban J connectivity index is 1.48. The van der Waals surface area contributed by atoms with Gasteiger partial charge in [-0.15, -0.1) is 11.3 Å². The summed E-state index contributed by atoms with van der Waals surface area (Å²) < 4.78 is 5.15. The third-order valence-electron chi connectivity index (χ3n) is 5.61. The lowest BCUT2D eigenvalue weighted by atomic mass is 10.1. The summed E-state index contributed by atoms with van der Waals surface area (Å²) in [5.41, 5.74) is 2.06. The van der Waals surface area contributed by atoms with Gasteiger partial charge >= 0.3 is 0 Å². The molecule has 3 aromatic rings. The van der Waals surface area contributed by atoms with Gasteiger partial charge in [-0.1, -0.05) is 18.2 Å². The van der Waals surface area contributed by atoms with Gasteiger partial charge in [0.2, 0.25) is 11.8 Å². The normalized spacial score (nSPS) is 15.0. The van der Waals surface area contributed by atoms with Crippen molar-refractivity contribution < 1.29 is 19.1 Å². The first-order chi connectivity index (χ1) is 16.4. The number of nitrogens with one attached hydrogen (secondary N) is 2. The van der Waals surface area contributed by atoms with E-state index < -0.39 is 5.92 Å². The highest BCUT2D eigenvalue weighted by Crippen LogP contribution is 2.34. The van der Waals surface area contributed by atoms with E-state index in [1.165, 1.54) is 0 Å². The molecule has 1 saturated heterocycles. The number of hydrogen-bond acceptors (Lipinski definition) is 6. The molecule has 3 amide bonds. The minimum Gasteiger partial charge on any atom is -0.497 e. The van der Waals surface area contributed by atoms with Crippen LogP contribution in [0.15, 0.2) is 54.6 Å². The molecular formula is C25H22N4O4S. The van der Waals surface area contributed by atoms with Crippen molar-refractivity contribution in [3.8, 4) is 11.8 Å². The van der Waals surface area contributed by atoms with E-state index in [0.717, 1.165) is 11.3 Å². The monoisotopic (exact) mass is 474 g/mol. The number of nitriles is 1. The molecule has 8 nitrogen and oxygen atoms in total. The second kappa shape index (κ2) is 9.77. The van der Waals surface area contributed by atoms with Crippen molar-refractivity contribution in [3.63, 3.8) is 0 Å². The van der Waals surface area contributed by atoms with E-state index >= 15 is 0 Å². The second-order valence-corrected chi connectivity index (χ2v) is 8.81. The van der Waals surface area contributed by atoms with Gasteiger partial charge in [-0.25, -0.2) is 0 Å². The Morgan fingerprint density at radius 3 is 2.47 bits per heavy atom. The first kappa shape index (κ1) is 23.0. The zero-order valence-electron chi connectivity index (χ0n) is 18.6. The fraction of sp³-hybridized carbons (Fsp3) is 0.200. The molecule has 1 fully saturated rings. The van der Waals surface area contributed by atoms with Gasteiger partial charge in [-0.05, 0) is 48.9 Å². The highest BCUT2D eigenvalue weighted by Gasteiger charge is 2.36. The van der Waals surface area contributed by atoms with Gasteiger partial charge in [0.15, 0.2) is 0 Å². The van der Waals surface area contributed by atoms with Gasteiger partial charge in [-0.2, -0.15) is 5.26 Å². The Hall–Kier alpha value is -4.16. The molecule has 2 aromatic carbocycles. The van der Waals surface area contributed by atoms with Crippen molar-refractivity contribution in [1.82, 2.24) is 0 Å². The molecular weight excluding hydrogens is 452 g/mol. The summed E-state index contributed by atoms with van der Waals surface area (Å²) in [6.45, 7) is 1.90. The molecule has 0 saturated carbocycles. The van der Waals surface area contributed by atoms with E-state index in [4.69, 9.17) is 4.74 Å². The number of amides is 3. The number of rotatable bonds is 6. The maximum absolute atomic E-state index is 13.0. The molecule has 2 heterocycles. The van der Waals surface area contributed by atoms with Gasteiger partial charge < -0.3 is 20.3 Å². The van der Waals surface area contributed by atoms with Crippen LogP contribution in [-0.2, 0) is 9.59 Å². The van der Waals surface area contributed by atoms with E-state index in [1.54, 1.807) is 67.5 Å². The fourth-order valence-corrected chi connectivity index (χ4v) is 4.83. The maximum atomic E-state index is 13.0. The molecule has 1 aliphatic rings. The van der Waals surface area contributed by atoms with E-state index in [2.05, 4.69) is 16.7 Å². The molecule has 0 aliphatic carbocycles. The first-order valence-electron chi connectivity index (χ1n) is 10.6. The quantitative estimate of drug-likeness (QED) is 0.557. The minimum absolute atomic E-state index is 0.0610. The van der Waals surface area contributed by atoms with Crippen LogP contribution in [0.3, 0.4) is 0 Å². The Kier molecular flexibility index (Phi) is 6.61. The average Bonchev–Trinajstić information content (AvgIpc) is 3.39. The Morgan fingerprint density at radius 1 is 1.12 bits per heavy atom. The van der Waals surface area contributed by atoms with Crippen LogP contribution < -0.4 is 20.3 Å². The SMILES string of the molecule is COc1ccc(N2CC(C(=O)Nc3sc(C(=O)Nc4ccccc4)c(C)c3C#N)CC2=O)cc1. The molecule has 4 rings (SSSR count). The molecule has 1 aromatic heterocycles. The van der Waals surface area contributed by atoms with Crippen LogP contribution in [0, 0.1) is 24.2 Å². The van der Waals surface area contributed by atoms with Gasteiger partial charge in [0.05, 0.1) is 23.5 Å². The van der Waals surface area contributed by atoms with Crippen LogP contribution in [0.2, 0.25) is 0 Å². The van der Waals surface area contributed by atoms with Crippen molar-refractivity contribution in [3.05, 3.63) is 70.6 Å². The van der Waals surface area contributed by atoms with Crippen LogP contribution in [-0.4, -0.2) is 31.4 Å². The highest BCUT2D eigenvalue weighted by molar-refractivity contribution is 7.18. The number of para-hydroxylation sites is 1. The van der Waals surface area contributed by atoms with Crippen LogP contribution in [0.5, 0.6) is 5.75 Å². The lowest BCUT2D eigenvalue weighted by molar-refractivity contribution is -0.122. The summed E-state index contributed by atoms with van der Waals surface area (Å²) >= 11 is 1.05.